The van der Waals surface area contributed by atoms with E-state index in [9.17, 15) is 9.59 Å². The fourth-order valence-corrected chi connectivity index (χ4v) is 5.86. The van der Waals surface area contributed by atoms with Crippen molar-refractivity contribution in [2.24, 2.45) is 5.92 Å². The first-order chi connectivity index (χ1) is 16.5. The third-order valence-corrected chi connectivity index (χ3v) is 8.32. The molecule has 1 aromatic carbocycles. The fraction of sp³-hybridized carbons (Fsp3) is 0.385. The number of hydrogen-bond acceptors (Lipinski definition) is 5. The highest BCUT2D eigenvalue weighted by atomic mass is 35.5. The fourth-order valence-electron chi connectivity index (χ4n) is 4.12. The molecule has 180 valence electrons. The van der Waals surface area contributed by atoms with Gasteiger partial charge in [-0.25, -0.2) is 0 Å². The third kappa shape index (κ3) is 5.82. The van der Waals surface area contributed by atoms with Crippen molar-refractivity contribution in [3.05, 3.63) is 73.6 Å². The Balaban J connectivity index is 1.52. The van der Waals surface area contributed by atoms with E-state index in [1.165, 1.54) is 16.2 Å². The van der Waals surface area contributed by atoms with E-state index in [-0.39, 0.29) is 24.4 Å². The number of benzene rings is 1. The lowest BCUT2D eigenvalue weighted by Gasteiger charge is -2.37. The Morgan fingerprint density at radius 2 is 1.97 bits per heavy atom. The molecule has 1 aliphatic heterocycles. The van der Waals surface area contributed by atoms with Gasteiger partial charge in [0.15, 0.2) is 0 Å². The van der Waals surface area contributed by atoms with Crippen LogP contribution >= 0.6 is 34.3 Å². The summed E-state index contributed by atoms with van der Waals surface area (Å²) < 4.78 is 6.07. The van der Waals surface area contributed by atoms with Crippen molar-refractivity contribution in [1.82, 2.24) is 9.80 Å². The third-order valence-electron chi connectivity index (χ3n) is 6.21. The Hall–Kier alpha value is -2.35. The molecule has 0 bridgehead atoms. The largest absolute Gasteiger partial charge is 0.491 e. The molecule has 2 aromatic heterocycles. The summed E-state index contributed by atoms with van der Waals surface area (Å²) in [6, 6.07) is 12.8. The Morgan fingerprint density at radius 3 is 2.68 bits per heavy atom. The SMILES string of the molecule is CC[C@@H](C)CN(CC(=O)N1CCc2sccc2[C@@H]1COc1ccc(Cl)cc1)C(=O)c1cccs1. The first kappa shape index (κ1) is 24.8. The average Bonchev–Trinajstić information content (AvgIpc) is 3.54. The van der Waals surface area contributed by atoms with Crippen molar-refractivity contribution < 1.29 is 14.3 Å². The molecule has 0 radical (unpaired) electrons. The van der Waals surface area contributed by atoms with Gasteiger partial charge in [-0.3, -0.25) is 9.59 Å². The Kier molecular flexibility index (Phi) is 8.29. The van der Waals surface area contributed by atoms with E-state index < -0.39 is 0 Å². The van der Waals surface area contributed by atoms with Gasteiger partial charge in [-0.15, -0.1) is 22.7 Å². The Labute approximate surface area is 213 Å². The van der Waals surface area contributed by atoms with Gasteiger partial charge in [-0.2, -0.15) is 0 Å². The molecule has 0 unspecified atom stereocenters. The van der Waals surface area contributed by atoms with E-state index in [0.29, 0.717) is 41.3 Å². The van der Waals surface area contributed by atoms with E-state index in [0.717, 1.165) is 18.4 Å². The van der Waals surface area contributed by atoms with Crippen LogP contribution < -0.4 is 4.74 Å². The van der Waals surface area contributed by atoms with Gasteiger partial charge in [0.2, 0.25) is 5.91 Å². The van der Waals surface area contributed by atoms with Crippen LogP contribution in [0.15, 0.2) is 53.2 Å². The smallest absolute Gasteiger partial charge is 0.264 e. The van der Waals surface area contributed by atoms with Crippen molar-refractivity contribution in [3.63, 3.8) is 0 Å². The van der Waals surface area contributed by atoms with E-state index in [4.69, 9.17) is 16.3 Å². The molecule has 4 rings (SSSR count). The first-order valence-electron chi connectivity index (χ1n) is 11.5. The summed E-state index contributed by atoms with van der Waals surface area (Å²) in [7, 11) is 0. The van der Waals surface area contributed by atoms with E-state index in [1.54, 1.807) is 28.4 Å². The summed E-state index contributed by atoms with van der Waals surface area (Å²) in [6.45, 7) is 5.81. The predicted molar refractivity (Wildman–Crippen MR) is 139 cm³/mol. The molecule has 5 nitrogen and oxygen atoms in total. The zero-order valence-corrected chi connectivity index (χ0v) is 21.8. The minimum atomic E-state index is -0.194. The Bertz CT molecular complexity index is 1100. The van der Waals surface area contributed by atoms with E-state index in [1.807, 2.05) is 34.5 Å². The molecule has 1 aliphatic rings. The summed E-state index contributed by atoms with van der Waals surface area (Å²) in [5.41, 5.74) is 1.14. The maximum absolute atomic E-state index is 13.6. The lowest BCUT2D eigenvalue weighted by atomic mass is 10.00. The van der Waals surface area contributed by atoms with Crippen molar-refractivity contribution in [2.45, 2.75) is 32.7 Å². The number of carbonyl (C=O) groups is 2. The van der Waals surface area contributed by atoms with Crippen LogP contribution in [0.25, 0.3) is 0 Å². The lowest BCUT2D eigenvalue weighted by molar-refractivity contribution is -0.135. The topological polar surface area (TPSA) is 49.9 Å². The van der Waals surface area contributed by atoms with Crippen molar-refractivity contribution in [1.29, 1.82) is 0 Å². The molecular formula is C26H29ClN2O3S2. The van der Waals surface area contributed by atoms with Crippen LogP contribution in [-0.2, 0) is 11.2 Å². The average molecular weight is 517 g/mol. The maximum atomic E-state index is 13.6. The van der Waals surface area contributed by atoms with Crippen LogP contribution in [0.1, 0.15) is 46.4 Å². The molecule has 0 aliphatic carbocycles. The van der Waals surface area contributed by atoms with Gasteiger partial charge in [0.25, 0.3) is 5.91 Å². The molecule has 0 saturated carbocycles. The summed E-state index contributed by atoms with van der Waals surface area (Å²) in [4.78, 5) is 32.4. The number of rotatable bonds is 9. The summed E-state index contributed by atoms with van der Waals surface area (Å²) in [5, 5.41) is 4.62. The number of thiophene rings is 2. The maximum Gasteiger partial charge on any atom is 0.264 e. The summed E-state index contributed by atoms with van der Waals surface area (Å²) in [5.74, 6) is 0.900. The molecule has 3 aromatic rings. The molecular weight excluding hydrogens is 488 g/mol. The molecule has 2 amide bonds. The number of halogens is 1. The second-order valence-electron chi connectivity index (χ2n) is 8.59. The van der Waals surface area contributed by atoms with Gasteiger partial charge < -0.3 is 14.5 Å². The van der Waals surface area contributed by atoms with Crippen molar-refractivity contribution >= 4 is 46.1 Å². The molecule has 8 heteroatoms. The highest BCUT2D eigenvalue weighted by Crippen LogP contribution is 2.34. The zero-order chi connectivity index (χ0) is 24.1. The number of hydrogen-bond donors (Lipinski definition) is 0. The van der Waals surface area contributed by atoms with Gasteiger partial charge in [-0.1, -0.05) is 37.9 Å². The summed E-state index contributed by atoms with van der Waals surface area (Å²) in [6.07, 6.45) is 1.77. The summed E-state index contributed by atoms with van der Waals surface area (Å²) >= 11 is 9.13. The lowest BCUT2D eigenvalue weighted by Crippen LogP contribution is -2.48. The van der Waals surface area contributed by atoms with Crippen LogP contribution in [0.3, 0.4) is 0 Å². The molecule has 2 atom stereocenters. The molecule has 3 heterocycles. The molecule has 0 fully saturated rings. The zero-order valence-electron chi connectivity index (χ0n) is 19.4. The molecule has 0 spiro atoms. The number of carbonyl (C=O) groups excluding carboxylic acids is 2. The van der Waals surface area contributed by atoms with Gasteiger partial charge in [-0.05, 0) is 65.1 Å². The predicted octanol–water partition coefficient (Wildman–Crippen LogP) is 6.16. The second kappa shape index (κ2) is 11.4. The highest BCUT2D eigenvalue weighted by molar-refractivity contribution is 7.12. The van der Waals surface area contributed by atoms with Crippen molar-refractivity contribution in [3.8, 4) is 5.75 Å². The monoisotopic (exact) mass is 516 g/mol. The van der Waals surface area contributed by atoms with Gasteiger partial charge in [0.1, 0.15) is 18.9 Å². The molecule has 34 heavy (non-hydrogen) atoms. The first-order valence-corrected chi connectivity index (χ1v) is 13.7. The van der Waals surface area contributed by atoms with Gasteiger partial charge in [0, 0.05) is 23.0 Å². The van der Waals surface area contributed by atoms with E-state index >= 15 is 0 Å². The number of nitrogens with zero attached hydrogens (tertiary/aromatic N) is 2. The second-order valence-corrected chi connectivity index (χ2v) is 11.0. The molecule has 0 N–H and O–H groups in total. The standard InChI is InChI=1S/C26H29ClN2O3S2/c1-3-18(2)15-28(26(31)24-5-4-13-33-24)16-25(30)29-12-10-23-21(11-14-34-23)22(29)17-32-20-8-6-19(27)7-9-20/h4-9,11,13-14,18,22H,3,10,12,15-17H2,1-2H3/t18-,22+/m1/s1. The molecule has 0 saturated heterocycles. The van der Waals surface area contributed by atoms with Crippen LogP contribution in [0.2, 0.25) is 5.02 Å². The van der Waals surface area contributed by atoms with Crippen LogP contribution in [0.5, 0.6) is 5.75 Å². The minimum Gasteiger partial charge on any atom is -0.491 e. The van der Waals surface area contributed by atoms with Crippen LogP contribution in [0, 0.1) is 5.92 Å². The van der Waals surface area contributed by atoms with Crippen LogP contribution in [-0.4, -0.2) is 47.9 Å². The van der Waals surface area contributed by atoms with E-state index in [2.05, 4.69) is 25.3 Å². The van der Waals surface area contributed by atoms with Crippen molar-refractivity contribution in [2.75, 3.05) is 26.2 Å². The number of ether oxygens (including phenoxy) is 1. The quantitative estimate of drug-likeness (QED) is 0.342. The number of amides is 2. The van der Waals surface area contributed by atoms with Gasteiger partial charge >= 0.3 is 0 Å². The van der Waals surface area contributed by atoms with Crippen LogP contribution in [0.4, 0.5) is 0 Å². The highest BCUT2D eigenvalue weighted by Gasteiger charge is 2.34. The normalized spacial score (nSPS) is 16.1. The minimum absolute atomic E-state index is 0.0465. The van der Waals surface area contributed by atoms with Gasteiger partial charge in [0.05, 0.1) is 10.9 Å². The number of fused-ring (bicyclic) bond motifs is 1. The Morgan fingerprint density at radius 1 is 1.18 bits per heavy atom.